The molecule has 0 fully saturated rings. The lowest BCUT2D eigenvalue weighted by atomic mass is 9.90. The molecule has 4 heteroatoms. The highest BCUT2D eigenvalue weighted by Gasteiger charge is 2.33. The minimum atomic E-state index is -0.268. The lowest BCUT2D eigenvalue weighted by molar-refractivity contribution is -0.0560. The van der Waals surface area contributed by atoms with Crippen LogP contribution in [0.3, 0.4) is 0 Å². The van der Waals surface area contributed by atoms with Gasteiger partial charge >= 0.3 is 0 Å². The Hall–Kier alpha value is -0.840. The van der Waals surface area contributed by atoms with Crippen LogP contribution in [0, 0.1) is 0 Å². The Balaban J connectivity index is 2.71. The Bertz CT molecular complexity index is 287. The number of hydrogen-bond donors (Lipinski definition) is 2. The number of rotatable bonds is 7. The number of hydrogen-bond acceptors (Lipinski definition) is 4. The molecule has 16 heavy (non-hydrogen) atoms. The van der Waals surface area contributed by atoms with Gasteiger partial charge in [0.1, 0.15) is 5.76 Å². The van der Waals surface area contributed by atoms with Crippen LogP contribution in [-0.2, 0) is 11.2 Å². The molecular formula is C12H22N2O2. The first-order valence-electron chi connectivity index (χ1n) is 5.78. The number of hydrazine groups is 1. The molecule has 2 unspecified atom stereocenters. The highest BCUT2D eigenvalue weighted by Crippen LogP contribution is 2.22. The predicted octanol–water partition coefficient (Wildman–Crippen LogP) is 1.86. The van der Waals surface area contributed by atoms with Gasteiger partial charge in [0.2, 0.25) is 0 Å². The second-order valence-corrected chi connectivity index (χ2v) is 4.10. The summed E-state index contributed by atoms with van der Waals surface area (Å²) in [7, 11) is 0. The van der Waals surface area contributed by atoms with Crippen molar-refractivity contribution in [1.29, 1.82) is 0 Å². The third-order valence-electron chi connectivity index (χ3n) is 3.10. The second kappa shape index (κ2) is 6.03. The van der Waals surface area contributed by atoms with E-state index in [1.165, 1.54) is 0 Å². The minimum absolute atomic E-state index is 0.0450. The number of nitrogens with two attached hydrogens (primary N) is 1. The quantitative estimate of drug-likeness (QED) is 0.550. The van der Waals surface area contributed by atoms with E-state index in [2.05, 4.69) is 19.3 Å². The number of ether oxygens (including phenoxy) is 1. The molecule has 0 saturated heterocycles. The van der Waals surface area contributed by atoms with Gasteiger partial charge in [0.25, 0.3) is 0 Å². The zero-order valence-electron chi connectivity index (χ0n) is 10.3. The molecule has 1 heterocycles. The molecule has 1 aromatic rings. The van der Waals surface area contributed by atoms with Gasteiger partial charge in [0.05, 0.1) is 17.9 Å². The molecule has 0 aromatic carbocycles. The van der Waals surface area contributed by atoms with Gasteiger partial charge < -0.3 is 9.15 Å². The van der Waals surface area contributed by atoms with Crippen molar-refractivity contribution in [3.05, 3.63) is 24.2 Å². The van der Waals surface area contributed by atoms with Crippen LogP contribution in [0.4, 0.5) is 0 Å². The molecule has 1 aromatic heterocycles. The van der Waals surface area contributed by atoms with E-state index in [1.54, 1.807) is 6.26 Å². The van der Waals surface area contributed by atoms with Gasteiger partial charge in [-0.1, -0.05) is 6.92 Å². The van der Waals surface area contributed by atoms with E-state index in [0.717, 1.165) is 18.6 Å². The highest BCUT2D eigenvalue weighted by molar-refractivity contribution is 5.03. The summed E-state index contributed by atoms with van der Waals surface area (Å²) in [6.07, 6.45) is 3.30. The Morgan fingerprint density at radius 2 is 2.31 bits per heavy atom. The van der Waals surface area contributed by atoms with Gasteiger partial charge in [-0.05, 0) is 32.4 Å². The van der Waals surface area contributed by atoms with Gasteiger partial charge in [-0.2, -0.15) is 0 Å². The summed E-state index contributed by atoms with van der Waals surface area (Å²) in [6.45, 7) is 6.85. The topological polar surface area (TPSA) is 60.4 Å². The smallest absolute Gasteiger partial charge is 0.105 e. The summed E-state index contributed by atoms with van der Waals surface area (Å²) < 4.78 is 11.1. The van der Waals surface area contributed by atoms with Crippen molar-refractivity contribution in [2.24, 2.45) is 5.84 Å². The molecule has 0 amide bonds. The number of furan rings is 1. The van der Waals surface area contributed by atoms with E-state index in [-0.39, 0.29) is 11.6 Å². The van der Waals surface area contributed by atoms with Gasteiger partial charge in [-0.3, -0.25) is 11.3 Å². The van der Waals surface area contributed by atoms with Gasteiger partial charge in [-0.15, -0.1) is 0 Å². The molecule has 0 radical (unpaired) electrons. The first-order valence-corrected chi connectivity index (χ1v) is 5.78. The molecule has 4 nitrogen and oxygen atoms in total. The molecule has 0 spiro atoms. The van der Waals surface area contributed by atoms with Gasteiger partial charge in [0, 0.05) is 13.0 Å². The summed E-state index contributed by atoms with van der Waals surface area (Å²) in [5, 5.41) is 0. The molecule has 0 bridgehead atoms. The monoisotopic (exact) mass is 226 g/mol. The summed E-state index contributed by atoms with van der Waals surface area (Å²) in [5.41, 5.74) is 2.56. The number of nitrogens with one attached hydrogen (secondary N) is 1. The summed E-state index contributed by atoms with van der Waals surface area (Å²) >= 11 is 0. The first-order chi connectivity index (χ1) is 7.66. The van der Waals surface area contributed by atoms with E-state index in [9.17, 15) is 0 Å². The molecule has 0 aliphatic carbocycles. The van der Waals surface area contributed by atoms with Crippen LogP contribution in [0.15, 0.2) is 22.8 Å². The average Bonchev–Trinajstić information content (AvgIpc) is 2.78. The molecule has 1 rings (SSSR count). The Morgan fingerprint density at radius 3 is 2.75 bits per heavy atom. The van der Waals surface area contributed by atoms with Crippen LogP contribution in [0.1, 0.15) is 33.0 Å². The molecule has 2 atom stereocenters. The highest BCUT2D eigenvalue weighted by atomic mass is 16.5. The first kappa shape index (κ1) is 13.2. The lowest BCUT2D eigenvalue weighted by Gasteiger charge is -2.36. The van der Waals surface area contributed by atoms with Gasteiger partial charge in [0.15, 0.2) is 0 Å². The average molecular weight is 226 g/mol. The van der Waals surface area contributed by atoms with E-state index in [4.69, 9.17) is 15.0 Å². The van der Waals surface area contributed by atoms with Crippen molar-refractivity contribution < 1.29 is 9.15 Å². The van der Waals surface area contributed by atoms with Crippen molar-refractivity contribution in [3.63, 3.8) is 0 Å². The van der Waals surface area contributed by atoms with Crippen molar-refractivity contribution in [2.75, 3.05) is 6.61 Å². The molecule has 0 aliphatic heterocycles. The minimum Gasteiger partial charge on any atom is -0.469 e. The van der Waals surface area contributed by atoms with Crippen LogP contribution in [-0.4, -0.2) is 18.2 Å². The fraction of sp³-hybridized carbons (Fsp3) is 0.667. The lowest BCUT2D eigenvalue weighted by Crippen LogP contribution is -2.54. The normalized spacial score (nSPS) is 17.0. The van der Waals surface area contributed by atoms with Crippen LogP contribution >= 0.6 is 0 Å². The third kappa shape index (κ3) is 3.07. The Kier molecular flexibility index (Phi) is 4.99. The predicted molar refractivity (Wildman–Crippen MR) is 63.8 cm³/mol. The van der Waals surface area contributed by atoms with Crippen LogP contribution in [0.5, 0.6) is 0 Å². The molecule has 0 aliphatic rings. The fourth-order valence-corrected chi connectivity index (χ4v) is 1.86. The molecule has 3 N–H and O–H groups in total. The molecule has 0 saturated carbocycles. The van der Waals surface area contributed by atoms with Crippen LogP contribution in [0.2, 0.25) is 0 Å². The van der Waals surface area contributed by atoms with E-state index in [0.29, 0.717) is 6.61 Å². The summed E-state index contributed by atoms with van der Waals surface area (Å²) in [6, 6.07) is 3.88. The standard InChI is InChI=1S/C12H22N2O2/c1-4-12(3,16-5-2)11(14-13)9-10-7-6-8-15-10/h6-8,11,14H,4-5,9,13H2,1-3H3. The maximum atomic E-state index is 5.80. The van der Waals surface area contributed by atoms with Crippen molar-refractivity contribution >= 4 is 0 Å². The van der Waals surface area contributed by atoms with E-state index in [1.807, 2.05) is 19.1 Å². The Morgan fingerprint density at radius 1 is 1.56 bits per heavy atom. The maximum Gasteiger partial charge on any atom is 0.105 e. The molecular weight excluding hydrogens is 204 g/mol. The third-order valence-corrected chi connectivity index (χ3v) is 3.10. The zero-order valence-corrected chi connectivity index (χ0v) is 10.3. The summed E-state index contributed by atoms with van der Waals surface area (Å²) in [5.74, 6) is 6.53. The van der Waals surface area contributed by atoms with Crippen molar-refractivity contribution in [2.45, 2.75) is 45.3 Å². The maximum absolute atomic E-state index is 5.80. The van der Waals surface area contributed by atoms with Crippen molar-refractivity contribution in [3.8, 4) is 0 Å². The molecule has 92 valence electrons. The Labute approximate surface area is 97.1 Å². The van der Waals surface area contributed by atoms with Gasteiger partial charge in [-0.25, -0.2) is 0 Å². The largest absolute Gasteiger partial charge is 0.469 e. The summed E-state index contributed by atoms with van der Waals surface area (Å²) in [4.78, 5) is 0. The zero-order chi connectivity index (χ0) is 12.0. The SMILES string of the molecule is CCOC(C)(CC)C(Cc1ccco1)NN. The van der Waals surface area contributed by atoms with Crippen LogP contribution < -0.4 is 11.3 Å². The second-order valence-electron chi connectivity index (χ2n) is 4.10. The fourth-order valence-electron chi connectivity index (χ4n) is 1.86. The van der Waals surface area contributed by atoms with E-state index >= 15 is 0 Å². The van der Waals surface area contributed by atoms with Crippen molar-refractivity contribution in [1.82, 2.24) is 5.43 Å². The van der Waals surface area contributed by atoms with Crippen LogP contribution in [0.25, 0.3) is 0 Å². The van der Waals surface area contributed by atoms with E-state index < -0.39 is 0 Å².